The lowest BCUT2D eigenvalue weighted by atomic mass is 10.2. The van der Waals surface area contributed by atoms with Gasteiger partial charge in [0.05, 0.1) is 6.54 Å². The van der Waals surface area contributed by atoms with E-state index >= 15 is 0 Å². The molecule has 1 aromatic rings. The second kappa shape index (κ2) is 5.55. The highest BCUT2D eigenvalue weighted by Gasteiger charge is 2.12. The highest BCUT2D eigenvalue weighted by Crippen LogP contribution is 2.11. The summed E-state index contributed by atoms with van der Waals surface area (Å²) in [5.41, 5.74) is 5.42. The van der Waals surface area contributed by atoms with Crippen LogP contribution in [0.5, 0.6) is 0 Å². The lowest BCUT2D eigenvalue weighted by Crippen LogP contribution is -2.30. The Morgan fingerprint density at radius 2 is 2.38 bits per heavy atom. The van der Waals surface area contributed by atoms with Gasteiger partial charge < -0.3 is 11.1 Å². The number of halogens is 2. The molecule has 16 heavy (non-hydrogen) atoms. The molecule has 1 heterocycles. The van der Waals surface area contributed by atoms with Crippen molar-refractivity contribution in [2.24, 2.45) is 5.73 Å². The lowest BCUT2D eigenvalue weighted by Gasteiger charge is -2.08. The van der Waals surface area contributed by atoms with Crippen LogP contribution in [0.1, 0.15) is 25.7 Å². The molecule has 0 spiro atoms. The van der Waals surface area contributed by atoms with Crippen molar-refractivity contribution in [2.75, 3.05) is 0 Å². The van der Waals surface area contributed by atoms with E-state index in [2.05, 4.69) is 10.3 Å². The fourth-order valence-electron chi connectivity index (χ4n) is 1.20. The summed E-state index contributed by atoms with van der Waals surface area (Å²) in [7, 11) is 0. The lowest BCUT2D eigenvalue weighted by molar-refractivity contribution is -0.121. The van der Waals surface area contributed by atoms with Crippen molar-refractivity contribution in [2.45, 2.75) is 32.5 Å². The van der Waals surface area contributed by atoms with Gasteiger partial charge in [0.15, 0.2) is 0 Å². The van der Waals surface area contributed by atoms with E-state index in [0.717, 1.165) is 6.20 Å². The molecule has 1 unspecified atom stereocenters. The van der Waals surface area contributed by atoms with Crippen molar-refractivity contribution in [3.05, 3.63) is 18.2 Å². The summed E-state index contributed by atoms with van der Waals surface area (Å²) in [6, 6.07) is -0.255. The van der Waals surface area contributed by atoms with Crippen molar-refractivity contribution in [3.63, 3.8) is 0 Å². The van der Waals surface area contributed by atoms with Crippen molar-refractivity contribution in [1.29, 1.82) is 0 Å². The van der Waals surface area contributed by atoms with Gasteiger partial charge >= 0.3 is 6.55 Å². The minimum absolute atomic E-state index is 0.0249. The SMILES string of the molecule is CC(N)CC(=O)NCc1nccn1C(F)F. The number of carbonyl (C=O) groups is 1. The van der Waals surface area contributed by atoms with Gasteiger partial charge in [-0.25, -0.2) is 4.98 Å². The Kier molecular flexibility index (Phi) is 4.36. The van der Waals surface area contributed by atoms with E-state index in [4.69, 9.17) is 5.73 Å². The molecular formula is C9H14F2N4O. The molecule has 5 nitrogen and oxygen atoms in total. The Hall–Kier alpha value is -1.50. The monoisotopic (exact) mass is 232 g/mol. The van der Waals surface area contributed by atoms with E-state index in [1.807, 2.05) is 0 Å². The topological polar surface area (TPSA) is 72.9 Å². The number of nitrogens with zero attached hydrogens (tertiary/aromatic N) is 2. The minimum atomic E-state index is -2.65. The Morgan fingerprint density at radius 3 is 2.94 bits per heavy atom. The Labute approximate surface area is 91.6 Å². The molecule has 0 fully saturated rings. The highest BCUT2D eigenvalue weighted by molar-refractivity contribution is 5.76. The van der Waals surface area contributed by atoms with Crippen LogP contribution in [0, 0.1) is 0 Å². The summed E-state index contributed by atoms with van der Waals surface area (Å²) >= 11 is 0. The van der Waals surface area contributed by atoms with E-state index < -0.39 is 6.55 Å². The Morgan fingerprint density at radius 1 is 1.69 bits per heavy atom. The summed E-state index contributed by atoms with van der Waals surface area (Å²) < 4.78 is 25.5. The van der Waals surface area contributed by atoms with Crippen molar-refractivity contribution in [1.82, 2.24) is 14.9 Å². The van der Waals surface area contributed by atoms with Crippen LogP contribution < -0.4 is 11.1 Å². The van der Waals surface area contributed by atoms with E-state index in [1.165, 1.54) is 6.20 Å². The fourth-order valence-corrected chi connectivity index (χ4v) is 1.20. The number of hydrogen-bond donors (Lipinski definition) is 2. The van der Waals surface area contributed by atoms with Crippen LogP contribution in [0.2, 0.25) is 0 Å². The molecule has 0 radical (unpaired) electrons. The maximum Gasteiger partial charge on any atom is 0.319 e. The zero-order chi connectivity index (χ0) is 12.1. The third-order valence-corrected chi connectivity index (χ3v) is 1.91. The summed E-state index contributed by atoms with van der Waals surface area (Å²) in [6.07, 6.45) is 2.59. The van der Waals surface area contributed by atoms with Crippen LogP contribution in [-0.4, -0.2) is 21.5 Å². The molecule has 1 rings (SSSR count). The summed E-state index contributed by atoms with van der Waals surface area (Å²) in [5, 5.41) is 2.48. The van der Waals surface area contributed by atoms with Gasteiger partial charge in [0, 0.05) is 24.9 Å². The van der Waals surface area contributed by atoms with Crippen LogP contribution in [0.25, 0.3) is 0 Å². The van der Waals surface area contributed by atoms with E-state index in [1.54, 1.807) is 6.92 Å². The van der Waals surface area contributed by atoms with Gasteiger partial charge in [-0.1, -0.05) is 0 Å². The quantitative estimate of drug-likeness (QED) is 0.782. The average molecular weight is 232 g/mol. The molecule has 1 aromatic heterocycles. The van der Waals surface area contributed by atoms with E-state index in [9.17, 15) is 13.6 Å². The van der Waals surface area contributed by atoms with Gasteiger partial charge in [0.25, 0.3) is 0 Å². The number of amides is 1. The van der Waals surface area contributed by atoms with Gasteiger partial charge in [-0.2, -0.15) is 8.78 Å². The molecular weight excluding hydrogens is 218 g/mol. The molecule has 90 valence electrons. The van der Waals surface area contributed by atoms with Gasteiger partial charge in [-0.05, 0) is 6.92 Å². The molecule has 3 N–H and O–H groups in total. The largest absolute Gasteiger partial charge is 0.349 e. The third kappa shape index (κ3) is 3.58. The number of carbonyl (C=O) groups excluding carboxylic acids is 1. The van der Waals surface area contributed by atoms with Gasteiger partial charge in [0.1, 0.15) is 5.82 Å². The van der Waals surface area contributed by atoms with Crippen molar-refractivity contribution in [3.8, 4) is 0 Å². The van der Waals surface area contributed by atoms with Crippen molar-refractivity contribution >= 4 is 5.91 Å². The van der Waals surface area contributed by atoms with Crippen LogP contribution in [0.4, 0.5) is 8.78 Å². The fraction of sp³-hybridized carbons (Fsp3) is 0.556. The smallest absolute Gasteiger partial charge is 0.319 e. The second-order valence-electron chi connectivity index (χ2n) is 3.49. The average Bonchev–Trinajstić information content (AvgIpc) is 2.61. The van der Waals surface area contributed by atoms with Crippen molar-refractivity contribution < 1.29 is 13.6 Å². The summed E-state index contributed by atoms with van der Waals surface area (Å²) in [6.45, 7) is -0.981. The maximum absolute atomic E-state index is 12.4. The first-order valence-electron chi connectivity index (χ1n) is 4.83. The standard InChI is InChI=1S/C9H14F2N4O/c1-6(12)4-8(16)14-5-7-13-2-3-15(7)9(10)11/h2-3,6,9H,4-5,12H2,1H3,(H,14,16). The predicted molar refractivity (Wildman–Crippen MR) is 53.6 cm³/mol. The minimum Gasteiger partial charge on any atom is -0.349 e. The normalized spacial score (nSPS) is 12.8. The van der Waals surface area contributed by atoms with Gasteiger partial charge in [0.2, 0.25) is 5.91 Å². The molecule has 0 bridgehead atoms. The summed E-state index contributed by atoms with van der Waals surface area (Å²) in [5.74, 6) is -0.160. The van der Waals surface area contributed by atoms with E-state index in [-0.39, 0.29) is 30.7 Å². The first kappa shape index (κ1) is 12.6. The number of hydrogen-bond acceptors (Lipinski definition) is 3. The molecule has 1 atom stereocenters. The molecule has 1 amide bonds. The zero-order valence-electron chi connectivity index (χ0n) is 8.86. The highest BCUT2D eigenvalue weighted by atomic mass is 19.3. The molecule has 0 saturated heterocycles. The van der Waals surface area contributed by atoms with E-state index in [0.29, 0.717) is 4.57 Å². The zero-order valence-corrected chi connectivity index (χ0v) is 8.86. The van der Waals surface area contributed by atoms with Crippen LogP contribution in [0.15, 0.2) is 12.4 Å². The molecule has 0 aromatic carbocycles. The number of nitrogens with one attached hydrogen (secondary N) is 1. The second-order valence-corrected chi connectivity index (χ2v) is 3.49. The molecule has 0 aliphatic rings. The predicted octanol–water partition coefficient (Wildman–Crippen LogP) is 0.632. The van der Waals surface area contributed by atoms with Gasteiger partial charge in [-0.15, -0.1) is 0 Å². The Balaban J connectivity index is 2.48. The van der Waals surface area contributed by atoms with Crippen LogP contribution >= 0.6 is 0 Å². The molecule has 7 heteroatoms. The Bertz CT molecular complexity index is 351. The number of imidazole rings is 1. The first-order chi connectivity index (χ1) is 7.50. The molecule has 0 aliphatic carbocycles. The van der Waals surface area contributed by atoms with Crippen LogP contribution in [0.3, 0.4) is 0 Å². The maximum atomic E-state index is 12.4. The summed E-state index contributed by atoms with van der Waals surface area (Å²) in [4.78, 5) is 14.9. The molecule has 0 aliphatic heterocycles. The number of aromatic nitrogens is 2. The van der Waals surface area contributed by atoms with Gasteiger partial charge in [-0.3, -0.25) is 9.36 Å². The molecule has 0 saturated carbocycles. The number of alkyl halides is 2. The number of rotatable bonds is 5. The third-order valence-electron chi connectivity index (χ3n) is 1.91. The van der Waals surface area contributed by atoms with Crippen LogP contribution in [-0.2, 0) is 11.3 Å². The number of nitrogens with two attached hydrogens (primary N) is 1. The first-order valence-corrected chi connectivity index (χ1v) is 4.83.